The molecule has 3 rings (SSSR count). The fraction of sp³-hybridized carbons (Fsp3) is 0.100. The van der Waals surface area contributed by atoms with E-state index in [1.165, 1.54) is 48.5 Å². The molecule has 0 spiro atoms. The van der Waals surface area contributed by atoms with E-state index in [-0.39, 0.29) is 20.9 Å². The standard InChI is InChI=1S/C20H17F2NO4S2/c1-13-9-16(6-8-18(13)19-7-5-15(21)11-20(19)22)28(24,25)12-14-3-2-4-17(10-14)29(23,26)27/h2-11H,12H2,1H3,(H2,23,26,27). The van der Waals surface area contributed by atoms with Gasteiger partial charge in [0.25, 0.3) is 0 Å². The van der Waals surface area contributed by atoms with Crippen molar-refractivity contribution < 1.29 is 25.6 Å². The smallest absolute Gasteiger partial charge is 0.225 e. The molecular weight excluding hydrogens is 420 g/mol. The third-order valence-electron chi connectivity index (χ3n) is 4.36. The molecule has 29 heavy (non-hydrogen) atoms. The van der Waals surface area contributed by atoms with E-state index in [0.29, 0.717) is 11.1 Å². The number of sulfonamides is 1. The second kappa shape index (κ2) is 7.66. The second-order valence-electron chi connectivity index (χ2n) is 6.55. The van der Waals surface area contributed by atoms with Crippen LogP contribution in [-0.4, -0.2) is 16.8 Å². The van der Waals surface area contributed by atoms with Crippen LogP contribution in [0.25, 0.3) is 11.1 Å². The van der Waals surface area contributed by atoms with Gasteiger partial charge < -0.3 is 0 Å². The maximum atomic E-state index is 14.1. The molecule has 0 saturated heterocycles. The number of hydrogen-bond acceptors (Lipinski definition) is 4. The minimum absolute atomic E-state index is 0.00211. The summed E-state index contributed by atoms with van der Waals surface area (Å²) < 4.78 is 75.6. The molecule has 0 heterocycles. The Balaban J connectivity index is 1.95. The molecule has 0 bridgehead atoms. The lowest BCUT2D eigenvalue weighted by molar-refractivity contribution is 0.585. The van der Waals surface area contributed by atoms with Crippen molar-refractivity contribution in [3.63, 3.8) is 0 Å². The van der Waals surface area contributed by atoms with E-state index in [0.717, 1.165) is 12.1 Å². The zero-order valence-electron chi connectivity index (χ0n) is 15.3. The first kappa shape index (κ1) is 21.1. The van der Waals surface area contributed by atoms with E-state index >= 15 is 0 Å². The van der Waals surface area contributed by atoms with Gasteiger partial charge in [0.2, 0.25) is 10.0 Å². The Hall–Kier alpha value is -2.62. The van der Waals surface area contributed by atoms with Gasteiger partial charge in [-0.15, -0.1) is 0 Å². The van der Waals surface area contributed by atoms with Gasteiger partial charge >= 0.3 is 0 Å². The van der Waals surface area contributed by atoms with Gasteiger partial charge in [-0.25, -0.2) is 30.8 Å². The van der Waals surface area contributed by atoms with Crippen molar-refractivity contribution in [1.82, 2.24) is 0 Å². The molecule has 0 fully saturated rings. The summed E-state index contributed by atoms with van der Waals surface area (Å²) >= 11 is 0. The lowest BCUT2D eigenvalue weighted by Crippen LogP contribution is -2.13. The van der Waals surface area contributed by atoms with Gasteiger partial charge in [-0.05, 0) is 60.0 Å². The number of sulfone groups is 1. The Morgan fingerprint density at radius 2 is 1.52 bits per heavy atom. The van der Waals surface area contributed by atoms with Crippen LogP contribution in [0.1, 0.15) is 11.1 Å². The van der Waals surface area contributed by atoms with Gasteiger partial charge in [0, 0.05) is 11.6 Å². The van der Waals surface area contributed by atoms with Crippen LogP contribution in [0.2, 0.25) is 0 Å². The van der Waals surface area contributed by atoms with Crippen molar-refractivity contribution in [2.45, 2.75) is 22.5 Å². The summed E-state index contributed by atoms with van der Waals surface area (Å²) in [5.74, 6) is -1.88. The van der Waals surface area contributed by atoms with E-state index in [9.17, 15) is 25.6 Å². The van der Waals surface area contributed by atoms with Gasteiger partial charge in [0.15, 0.2) is 9.84 Å². The highest BCUT2D eigenvalue weighted by Crippen LogP contribution is 2.29. The first-order valence-electron chi connectivity index (χ1n) is 8.38. The van der Waals surface area contributed by atoms with Crippen LogP contribution >= 0.6 is 0 Å². The number of primary sulfonamides is 1. The van der Waals surface area contributed by atoms with E-state index in [2.05, 4.69) is 0 Å². The summed E-state index contributed by atoms with van der Waals surface area (Å²) in [6, 6.07) is 12.8. The average molecular weight is 437 g/mol. The van der Waals surface area contributed by atoms with Gasteiger partial charge in [-0.3, -0.25) is 0 Å². The molecule has 9 heteroatoms. The first-order chi connectivity index (χ1) is 13.5. The van der Waals surface area contributed by atoms with E-state index in [1.54, 1.807) is 6.92 Å². The van der Waals surface area contributed by atoms with Crippen LogP contribution in [0, 0.1) is 18.6 Å². The van der Waals surface area contributed by atoms with Crippen molar-refractivity contribution in [2.75, 3.05) is 0 Å². The molecule has 0 saturated carbocycles. The Bertz CT molecular complexity index is 1300. The molecule has 152 valence electrons. The van der Waals surface area contributed by atoms with Gasteiger partial charge in [0.1, 0.15) is 11.6 Å². The van der Waals surface area contributed by atoms with Crippen molar-refractivity contribution in [3.05, 3.63) is 83.4 Å². The Labute approximate surface area is 167 Å². The molecule has 0 aliphatic rings. The zero-order chi connectivity index (χ0) is 21.4. The van der Waals surface area contributed by atoms with E-state index in [4.69, 9.17) is 5.14 Å². The molecule has 0 atom stereocenters. The summed E-state index contributed by atoms with van der Waals surface area (Å²) in [5, 5.41) is 5.08. The van der Waals surface area contributed by atoms with Crippen LogP contribution in [0.15, 0.2) is 70.5 Å². The number of rotatable bonds is 5. The van der Waals surface area contributed by atoms with Crippen LogP contribution in [0.5, 0.6) is 0 Å². The van der Waals surface area contributed by atoms with E-state index in [1.807, 2.05) is 0 Å². The number of nitrogens with two attached hydrogens (primary N) is 1. The highest BCUT2D eigenvalue weighted by Gasteiger charge is 2.19. The summed E-state index contributed by atoms with van der Waals surface area (Å²) in [5.41, 5.74) is 1.36. The predicted molar refractivity (Wildman–Crippen MR) is 105 cm³/mol. The van der Waals surface area contributed by atoms with Gasteiger partial charge in [-0.1, -0.05) is 18.2 Å². The van der Waals surface area contributed by atoms with Crippen molar-refractivity contribution >= 4 is 19.9 Å². The summed E-state index contributed by atoms with van der Waals surface area (Å²) in [6.45, 7) is 1.62. The molecule has 3 aromatic carbocycles. The second-order valence-corrected chi connectivity index (χ2v) is 10.1. The van der Waals surface area contributed by atoms with Crippen LogP contribution in [0.3, 0.4) is 0 Å². The van der Waals surface area contributed by atoms with Gasteiger partial charge in [0.05, 0.1) is 15.5 Å². The largest absolute Gasteiger partial charge is 0.238 e. The average Bonchev–Trinajstić information content (AvgIpc) is 2.61. The number of benzene rings is 3. The molecule has 0 aliphatic carbocycles. The van der Waals surface area contributed by atoms with Gasteiger partial charge in [-0.2, -0.15) is 0 Å². The third-order valence-corrected chi connectivity index (χ3v) is 6.96. The third kappa shape index (κ3) is 4.69. The van der Waals surface area contributed by atoms with Crippen molar-refractivity contribution in [3.8, 4) is 11.1 Å². The van der Waals surface area contributed by atoms with Crippen LogP contribution < -0.4 is 5.14 Å². The molecule has 2 N–H and O–H groups in total. The zero-order valence-corrected chi connectivity index (χ0v) is 16.9. The van der Waals surface area contributed by atoms with Crippen LogP contribution in [0.4, 0.5) is 8.78 Å². The molecule has 0 unspecified atom stereocenters. The fourth-order valence-electron chi connectivity index (χ4n) is 2.95. The number of halogens is 2. The lowest BCUT2D eigenvalue weighted by Gasteiger charge is -2.11. The topological polar surface area (TPSA) is 94.3 Å². The molecule has 3 aromatic rings. The Morgan fingerprint density at radius 1 is 0.828 bits per heavy atom. The Morgan fingerprint density at radius 3 is 2.14 bits per heavy atom. The minimum atomic E-state index is -3.95. The summed E-state index contributed by atoms with van der Waals surface area (Å²) in [6.07, 6.45) is 0. The maximum Gasteiger partial charge on any atom is 0.238 e. The monoisotopic (exact) mass is 437 g/mol. The first-order valence-corrected chi connectivity index (χ1v) is 11.6. The lowest BCUT2D eigenvalue weighted by atomic mass is 10.0. The number of hydrogen-bond donors (Lipinski definition) is 1. The minimum Gasteiger partial charge on any atom is -0.225 e. The van der Waals surface area contributed by atoms with Crippen molar-refractivity contribution in [2.24, 2.45) is 5.14 Å². The SMILES string of the molecule is Cc1cc(S(=O)(=O)Cc2cccc(S(N)(=O)=O)c2)ccc1-c1ccc(F)cc1F. The molecule has 0 aliphatic heterocycles. The molecule has 0 radical (unpaired) electrons. The molecule has 5 nitrogen and oxygen atoms in total. The van der Waals surface area contributed by atoms with Crippen molar-refractivity contribution in [1.29, 1.82) is 0 Å². The quantitative estimate of drug-likeness (QED) is 0.660. The maximum absolute atomic E-state index is 14.1. The normalized spacial score (nSPS) is 12.1. The van der Waals surface area contributed by atoms with Crippen LogP contribution in [-0.2, 0) is 25.6 Å². The Kier molecular flexibility index (Phi) is 5.57. The molecule has 0 amide bonds. The number of aryl methyl sites for hydroxylation is 1. The predicted octanol–water partition coefficient (Wildman–Crippen LogP) is 3.56. The summed E-state index contributed by atoms with van der Waals surface area (Å²) in [4.78, 5) is -0.175. The van der Waals surface area contributed by atoms with E-state index < -0.39 is 37.2 Å². The highest BCUT2D eigenvalue weighted by atomic mass is 32.2. The summed E-state index contributed by atoms with van der Waals surface area (Å²) in [7, 11) is -7.76. The highest BCUT2D eigenvalue weighted by molar-refractivity contribution is 7.90. The molecule has 0 aromatic heterocycles. The molecular formula is C20H17F2NO4S2. The fourth-order valence-corrected chi connectivity index (χ4v) is 4.96.